The van der Waals surface area contributed by atoms with E-state index in [1.54, 1.807) is 13.0 Å². The molecule has 2 amide bonds. The van der Waals surface area contributed by atoms with Crippen LogP contribution in [0.5, 0.6) is 11.8 Å². The van der Waals surface area contributed by atoms with Gasteiger partial charge >= 0.3 is 12.0 Å². The van der Waals surface area contributed by atoms with Gasteiger partial charge in [-0.1, -0.05) is 12.1 Å². The van der Waals surface area contributed by atoms with E-state index in [2.05, 4.69) is 20.3 Å². The highest BCUT2D eigenvalue weighted by molar-refractivity contribution is 7.90. The number of aryl methyl sites for hydroxylation is 1. The Labute approximate surface area is 171 Å². The molecule has 3 radical (unpaired) electrons. The van der Waals surface area contributed by atoms with Crippen LogP contribution in [0.1, 0.15) is 5.82 Å². The molecule has 0 saturated carbocycles. The van der Waals surface area contributed by atoms with Gasteiger partial charge in [-0.25, -0.2) is 17.9 Å². The molecule has 10 nitrogen and oxygen atoms in total. The van der Waals surface area contributed by atoms with E-state index in [1.807, 2.05) is 4.72 Å². The number of nitrogens with zero attached hydrogens (tertiary/aromatic N) is 3. The highest BCUT2D eigenvalue weighted by atomic mass is 35.5. The maximum Gasteiger partial charge on any atom is 0.335 e. The van der Waals surface area contributed by atoms with E-state index < -0.39 is 16.1 Å². The van der Waals surface area contributed by atoms with Gasteiger partial charge in [-0.2, -0.15) is 15.0 Å². The summed E-state index contributed by atoms with van der Waals surface area (Å²) in [4.78, 5) is 23.4. The topological polar surface area (TPSA) is 132 Å². The molecular formula is C14H16AlClN5O5S. The zero-order valence-electron chi connectivity index (χ0n) is 14.5. The summed E-state index contributed by atoms with van der Waals surface area (Å²) >= 11 is 5.55. The first-order valence-electron chi connectivity index (χ1n) is 7.24. The number of carbonyl (C=O) groups is 1. The second-order valence-electron chi connectivity index (χ2n) is 4.74. The molecule has 1 heterocycles. The Morgan fingerprint density at radius 3 is 2.59 bits per heavy atom. The normalized spacial score (nSPS) is 10.5. The van der Waals surface area contributed by atoms with Crippen LogP contribution < -0.4 is 19.5 Å². The number of alkyl halides is 1. The van der Waals surface area contributed by atoms with Crippen LogP contribution in [0.4, 0.5) is 10.7 Å². The fourth-order valence-corrected chi connectivity index (χ4v) is 2.98. The molecule has 0 fully saturated rings. The van der Waals surface area contributed by atoms with E-state index in [4.69, 9.17) is 21.1 Å². The largest absolute Gasteiger partial charge is 0.491 e. The lowest BCUT2D eigenvalue weighted by Crippen LogP contribution is -2.35. The predicted molar refractivity (Wildman–Crippen MR) is 98.9 cm³/mol. The third-order valence-corrected chi connectivity index (χ3v) is 4.36. The summed E-state index contributed by atoms with van der Waals surface area (Å²) in [5.41, 5.74) is 0. The van der Waals surface area contributed by atoms with Crippen LogP contribution in [0.15, 0.2) is 29.2 Å². The molecule has 143 valence electrons. The Balaban J connectivity index is 0.00000364. The van der Waals surface area contributed by atoms with E-state index >= 15 is 0 Å². The molecular weight excluding hydrogens is 413 g/mol. The summed E-state index contributed by atoms with van der Waals surface area (Å²) in [6.45, 7) is 1.68. The molecule has 0 atom stereocenters. The van der Waals surface area contributed by atoms with Crippen molar-refractivity contribution in [1.82, 2.24) is 19.7 Å². The quantitative estimate of drug-likeness (QED) is 0.491. The fraction of sp³-hybridized carbons (Fsp3) is 0.286. The van der Waals surface area contributed by atoms with E-state index in [0.29, 0.717) is 0 Å². The number of nitrogens with one attached hydrogen (secondary N) is 2. The zero-order valence-corrected chi connectivity index (χ0v) is 17.2. The Hall–Kier alpha value is -2.13. The number of anilines is 1. The molecule has 2 rings (SSSR count). The number of methoxy groups -OCH3 is 1. The maximum atomic E-state index is 12.4. The summed E-state index contributed by atoms with van der Waals surface area (Å²) in [7, 11) is -2.85. The number of sulfonamides is 1. The van der Waals surface area contributed by atoms with Crippen molar-refractivity contribution < 1.29 is 22.7 Å². The average molecular weight is 429 g/mol. The van der Waals surface area contributed by atoms with Crippen LogP contribution in [-0.4, -0.2) is 66.4 Å². The number of ether oxygens (including phenoxy) is 2. The van der Waals surface area contributed by atoms with Crippen molar-refractivity contribution >= 4 is 51.0 Å². The van der Waals surface area contributed by atoms with E-state index in [9.17, 15) is 13.2 Å². The molecule has 1 aromatic heterocycles. The minimum absolute atomic E-state index is 0. The van der Waals surface area contributed by atoms with Crippen molar-refractivity contribution in [2.75, 3.05) is 24.9 Å². The lowest BCUT2D eigenvalue weighted by Gasteiger charge is -2.12. The Bertz CT molecular complexity index is 899. The number of hydrogen-bond donors (Lipinski definition) is 2. The van der Waals surface area contributed by atoms with Crippen LogP contribution in [0.3, 0.4) is 0 Å². The molecule has 0 bridgehead atoms. The van der Waals surface area contributed by atoms with Gasteiger partial charge < -0.3 is 9.47 Å². The van der Waals surface area contributed by atoms with Gasteiger partial charge in [0.05, 0.1) is 13.0 Å². The molecule has 2 N–H and O–H groups in total. The molecule has 27 heavy (non-hydrogen) atoms. The number of halogens is 1. The maximum absolute atomic E-state index is 12.4. The van der Waals surface area contributed by atoms with Crippen molar-refractivity contribution in [3.8, 4) is 11.8 Å². The molecule has 0 aliphatic rings. The first-order chi connectivity index (χ1) is 12.4. The van der Waals surface area contributed by atoms with Gasteiger partial charge in [0, 0.05) is 17.4 Å². The summed E-state index contributed by atoms with van der Waals surface area (Å²) in [5.74, 6) is 0.387. The fourth-order valence-electron chi connectivity index (χ4n) is 1.85. The molecule has 0 spiro atoms. The van der Waals surface area contributed by atoms with Crippen LogP contribution in [-0.2, 0) is 10.0 Å². The van der Waals surface area contributed by atoms with E-state index in [0.717, 1.165) is 0 Å². The molecule has 13 heteroatoms. The SMILES string of the molecule is COc1nc(C)nc(NC(=O)NS(=O)(=O)c2ccccc2OCCCl)n1.[Al]. The molecule has 0 unspecified atom stereocenters. The number of para-hydroxylation sites is 1. The number of aromatic nitrogens is 3. The third-order valence-electron chi connectivity index (χ3n) is 2.84. The number of carbonyl (C=O) groups excluding carboxylic acids is 1. The van der Waals surface area contributed by atoms with Crippen molar-refractivity contribution in [2.24, 2.45) is 0 Å². The minimum Gasteiger partial charge on any atom is -0.491 e. The summed E-state index contributed by atoms with van der Waals surface area (Å²) in [5, 5.41) is 2.21. The van der Waals surface area contributed by atoms with Gasteiger partial charge in [-0.05, 0) is 19.1 Å². The molecule has 0 aliphatic heterocycles. The Morgan fingerprint density at radius 2 is 1.93 bits per heavy atom. The standard InChI is InChI=1S/C14H16ClN5O5S.Al/c1-9-16-12(19-14(17-9)24-2)18-13(21)20-26(22,23)11-6-4-3-5-10(11)25-8-7-15;/h3-6H,7-8H2,1-2H3,(H2,16,17,18,19,20,21);. The van der Waals surface area contributed by atoms with Gasteiger partial charge in [-0.15, -0.1) is 11.6 Å². The zero-order chi connectivity index (χ0) is 19.2. The highest BCUT2D eigenvalue weighted by Gasteiger charge is 2.22. The van der Waals surface area contributed by atoms with Gasteiger partial charge in [0.1, 0.15) is 23.1 Å². The smallest absolute Gasteiger partial charge is 0.335 e. The summed E-state index contributed by atoms with van der Waals surface area (Å²) in [6.07, 6.45) is 0. The second kappa shape index (κ2) is 10.3. The van der Waals surface area contributed by atoms with Crippen LogP contribution in [0, 0.1) is 6.92 Å². The Morgan fingerprint density at radius 1 is 1.22 bits per heavy atom. The molecule has 1 aromatic carbocycles. The molecule has 2 aromatic rings. The van der Waals surface area contributed by atoms with Crippen LogP contribution >= 0.6 is 11.6 Å². The number of benzene rings is 1. The van der Waals surface area contributed by atoms with Crippen molar-refractivity contribution in [1.29, 1.82) is 0 Å². The summed E-state index contributed by atoms with van der Waals surface area (Å²) < 4.78 is 36.9. The number of urea groups is 1. The molecule has 0 saturated heterocycles. The second-order valence-corrected chi connectivity index (χ2v) is 6.77. The predicted octanol–water partition coefficient (Wildman–Crippen LogP) is 0.936. The third kappa shape index (κ3) is 6.51. The van der Waals surface area contributed by atoms with E-state index in [-0.39, 0.29) is 58.3 Å². The van der Waals surface area contributed by atoms with Gasteiger partial charge in [0.25, 0.3) is 10.0 Å². The van der Waals surface area contributed by atoms with E-state index in [1.165, 1.54) is 25.3 Å². The van der Waals surface area contributed by atoms with Crippen LogP contribution in [0.2, 0.25) is 0 Å². The van der Waals surface area contributed by atoms with Crippen molar-refractivity contribution in [3.63, 3.8) is 0 Å². The van der Waals surface area contributed by atoms with Crippen LogP contribution in [0.25, 0.3) is 0 Å². The van der Waals surface area contributed by atoms with Gasteiger partial charge in [-0.3, -0.25) is 5.32 Å². The minimum atomic E-state index is -4.20. The highest BCUT2D eigenvalue weighted by Crippen LogP contribution is 2.23. The van der Waals surface area contributed by atoms with Gasteiger partial charge in [0.15, 0.2) is 0 Å². The first-order valence-corrected chi connectivity index (χ1v) is 9.25. The lowest BCUT2D eigenvalue weighted by molar-refractivity contribution is 0.256. The van der Waals surface area contributed by atoms with Gasteiger partial charge in [0.2, 0.25) is 5.95 Å². The lowest BCUT2D eigenvalue weighted by atomic mass is 10.3. The first kappa shape index (κ1) is 22.9. The summed E-state index contributed by atoms with van der Waals surface area (Å²) in [6, 6.07) is 4.79. The van der Waals surface area contributed by atoms with Crippen molar-refractivity contribution in [2.45, 2.75) is 11.8 Å². The Kier molecular flexibility index (Phi) is 8.72. The molecule has 0 aliphatic carbocycles. The number of amides is 2. The average Bonchev–Trinajstić information content (AvgIpc) is 2.59. The number of rotatable bonds is 7. The number of hydrogen-bond acceptors (Lipinski definition) is 8. The van der Waals surface area contributed by atoms with Crippen molar-refractivity contribution in [3.05, 3.63) is 30.1 Å². The monoisotopic (exact) mass is 428 g/mol.